The Labute approximate surface area is 287 Å². The summed E-state index contributed by atoms with van der Waals surface area (Å²) in [5.74, 6) is -0.847. The van der Waals surface area contributed by atoms with Crippen molar-refractivity contribution >= 4 is 45.7 Å². The van der Waals surface area contributed by atoms with E-state index in [0.29, 0.717) is 52.7 Å². The van der Waals surface area contributed by atoms with Crippen LogP contribution in [-0.4, -0.2) is 66.6 Å². The minimum absolute atomic E-state index is 0.147. The lowest BCUT2D eigenvalue weighted by Crippen LogP contribution is -2.46. The number of fused-ring (bicyclic) bond motifs is 1. The fraction of sp³-hybridized carbons (Fsp3) is 0.312. The molecule has 0 spiro atoms. The number of rotatable bonds is 9. The Kier molecular flexibility index (Phi) is 9.90. The first-order chi connectivity index (χ1) is 23.5. The van der Waals surface area contributed by atoms with E-state index in [0.717, 1.165) is 9.13 Å². The summed E-state index contributed by atoms with van der Waals surface area (Å²) in [4.78, 5) is 42.5. The maximum Gasteiger partial charge on any atom is 0.332 e. The number of aryl methyl sites for hydroxylation is 1. The number of anilines is 2. The normalized spacial score (nSPS) is 16.3. The third kappa shape index (κ3) is 6.59. The molecule has 6 rings (SSSR count). The number of ether oxygens (including phenoxy) is 2. The van der Waals surface area contributed by atoms with Crippen molar-refractivity contribution in [1.29, 1.82) is 0 Å². The molecule has 3 aromatic heterocycles. The van der Waals surface area contributed by atoms with Crippen molar-refractivity contribution in [2.45, 2.75) is 31.5 Å². The van der Waals surface area contributed by atoms with Crippen LogP contribution in [0.15, 0.2) is 52.2 Å². The van der Waals surface area contributed by atoms with Gasteiger partial charge < -0.3 is 25.2 Å². The van der Waals surface area contributed by atoms with Crippen LogP contribution in [0.1, 0.15) is 24.4 Å². The molecule has 49 heavy (non-hydrogen) atoms. The molecule has 0 bridgehead atoms. The summed E-state index contributed by atoms with van der Waals surface area (Å²) in [7, 11) is 4.07. The molecule has 0 radical (unpaired) electrons. The van der Waals surface area contributed by atoms with E-state index in [1.807, 2.05) is 0 Å². The summed E-state index contributed by atoms with van der Waals surface area (Å²) in [6.45, 7) is 1.12. The quantitative estimate of drug-likeness (QED) is 0.199. The third-order valence-electron chi connectivity index (χ3n) is 8.19. The zero-order valence-corrected chi connectivity index (χ0v) is 27.9. The molecule has 0 saturated carbocycles. The topological polar surface area (TPSA) is 158 Å². The number of aliphatic hydroxyl groups excluding tert-OH is 1. The third-order valence-corrected chi connectivity index (χ3v) is 9.01. The number of hydrogen-bond acceptors (Lipinski definition) is 11. The van der Waals surface area contributed by atoms with Gasteiger partial charge in [0.25, 0.3) is 12.0 Å². The molecule has 1 aliphatic heterocycles. The molecule has 17 heteroatoms. The highest BCUT2D eigenvalue weighted by molar-refractivity contribution is 6.39. The van der Waals surface area contributed by atoms with E-state index in [2.05, 4.69) is 30.6 Å². The highest BCUT2D eigenvalue weighted by Gasteiger charge is 2.25. The van der Waals surface area contributed by atoms with Gasteiger partial charge >= 0.3 is 5.69 Å². The van der Waals surface area contributed by atoms with E-state index in [4.69, 9.17) is 32.7 Å². The molecule has 2 atom stereocenters. The van der Waals surface area contributed by atoms with E-state index in [1.54, 1.807) is 42.6 Å². The fourth-order valence-electron chi connectivity index (χ4n) is 5.57. The van der Waals surface area contributed by atoms with Gasteiger partial charge in [-0.1, -0.05) is 53.5 Å². The lowest BCUT2D eigenvalue weighted by molar-refractivity contribution is -0.0281. The number of aliphatic hydroxyl groups is 1. The van der Waals surface area contributed by atoms with Crippen LogP contribution in [0.25, 0.3) is 33.4 Å². The second-order valence-corrected chi connectivity index (χ2v) is 12.0. The maximum atomic E-state index is 13.8. The lowest BCUT2D eigenvalue weighted by atomic mass is 10.0. The average molecular weight is 716 g/mol. The number of benzene rings is 2. The summed E-state index contributed by atoms with van der Waals surface area (Å²) in [6.07, 6.45) is -1.49. The van der Waals surface area contributed by atoms with E-state index in [1.165, 1.54) is 21.2 Å². The van der Waals surface area contributed by atoms with Gasteiger partial charge in [0, 0.05) is 50.0 Å². The zero-order chi connectivity index (χ0) is 35.0. The van der Waals surface area contributed by atoms with Crippen LogP contribution in [0, 0.1) is 0 Å². The molecular formula is C32H30Cl2F2N8O5. The maximum absolute atomic E-state index is 13.8. The summed E-state index contributed by atoms with van der Waals surface area (Å²) < 4.78 is 40.3. The van der Waals surface area contributed by atoms with E-state index in [9.17, 15) is 23.5 Å². The summed E-state index contributed by atoms with van der Waals surface area (Å²) >= 11 is 13.9. The predicted octanol–water partition coefficient (Wildman–Crippen LogP) is 4.39. The molecule has 1 saturated heterocycles. The van der Waals surface area contributed by atoms with Crippen LogP contribution in [-0.2, 0) is 25.4 Å². The van der Waals surface area contributed by atoms with E-state index in [-0.39, 0.29) is 46.1 Å². The smallest absolute Gasteiger partial charge is 0.332 e. The van der Waals surface area contributed by atoms with Crippen molar-refractivity contribution in [2.24, 2.45) is 14.1 Å². The average Bonchev–Trinajstić information content (AvgIpc) is 3.10. The van der Waals surface area contributed by atoms with Crippen molar-refractivity contribution in [3.05, 3.63) is 85.0 Å². The first kappa shape index (κ1) is 34.3. The molecule has 2 aromatic carbocycles. The van der Waals surface area contributed by atoms with Crippen LogP contribution < -0.4 is 26.6 Å². The number of alkyl halides is 2. The molecule has 0 aliphatic carbocycles. The Morgan fingerprint density at radius 3 is 2.47 bits per heavy atom. The Morgan fingerprint density at radius 1 is 1.04 bits per heavy atom. The molecule has 3 N–H and O–H groups in total. The Morgan fingerprint density at radius 2 is 1.76 bits per heavy atom. The summed E-state index contributed by atoms with van der Waals surface area (Å²) in [5.41, 5.74) is 0.955. The van der Waals surface area contributed by atoms with Gasteiger partial charge in [0.15, 0.2) is 11.5 Å². The van der Waals surface area contributed by atoms with Crippen molar-refractivity contribution in [3.63, 3.8) is 0 Å². The Balaban J connectivity index is 1.35. The number of halogens is 4. The molecule has 4 heterocycles. The lowest BCUT2D eigenvalue weighted by Gasteiger charge is -2.28. The van der Waals surface area contributed by atoms with Gasteiger partial charge in [0.05, 0.1) is 47.4 Å². The summed E-state index contributed by atoms with van der Waals surface area (Å²) in [5, 5.41) is 16.7. The number of hydrogen-bond donors (Lipinski definition) is 3. The molecule has 256 valence electrons. The van der Waals surface area contributed by atoms with Gasteiger partial charge in [0.1, 0.15) is 16.9 Å². The highest BCUT2D eigenvalue weighted by Crippen LogP contribution is 2.42. The molecule has 2 unspecified atom stereocenters. The van der Waals surface area contributed by atoms with Gasteiger partial charge in [-0.15, -0.1) is 0 Å². The minimum Gasteiger partial charge on any atom is -0.480 e. The number of methoxy groups -OCH3 is 1. The standard InChI is InChI=1S/C32H30Cl2F2N8O5/c1-43-29-23(31(46)44(2)32(43)47)27(41-28(42-29)26(35)36)39-19-9-5-7-16(25(19)34)15-6-4-8-17(24(15)33)20-12-38-21(30(40-20)48-3)13-37-18-10-11-49-14-22(18)45/h4-9,12,18,22,26,37,45H,10-11,13-14H2,1-3H3,(H,39,41,42). The highest BCUT2D eigenvalue weighted by atomic mass is 35.5. The van der Waals surface area contributed by atoms with Gasteiger partial charge in [-0.05, 0) is 12.5 Å². The van der Waals surface area contributed by atoms with Crippen molar-refractivity contribution in [1.82, 2.24) is 34.4 Å². The molecule has 1 fully saturated rings. The molecule has 5 aromatic rings. The monoisotopic (exact) mass is 714 g/mol. The van der Waals surface area contributed by atoms with Crippen LogP contribution in [0.5, 0.6) is 5.88 Å². The van der Waals surface area contributed by atoms with Crippen molar-refractivity contribution < 1.29 is 23.4 Å². The van der Waals surface area contributed by atoms with Gasteiger partial charge in [-0.3, -0.25) is 18.9 Å². The molecule has 0 amide bonds. The van der Waals surface area contributed by atoms with Crippen molar-refractivity contribution in [2.75, 3.05) is 25.6 Å². The number of nitrogens with zero attached hydrogens (tertiary/aromatic N) is 6. The van der Waals surface area contributed by atoms with E-state index < -0.39 is 29.6 Å². The largest absolute Gasteiger partial charge is 0.480 e. The molecular weight excluding hydrogens is 685 g/mol. The van der Waals surface area contributed by atoms with Crippen LogP contribution >= 0.6 is 23.2 Å². The number of nitrogens with one attached hydrogen (secondary N) is 2. The van der Waals surface area contributed by atoms with Gasteiger partial charge in [-0.2, -0.15) is 0 Å². The fourth-order valence-corrected chi connectivity index (χ4v) is 6.17. The molecule has 1 aliphatic rings. The van der Waals surface area contributed by atoms with Crippen LogP contribution in [0.3, 0.4) is 0 Å². The van der Waals surface area contributed by atoms with Crippen molar-refractivity contribution in [3.8, 4) is 28.3 Å². The number of aromatic nitrogens is 6. The SMILES string of the molecule is COc1nc(-c2cccc(-c3cccc(Nc4nc(C(F)F)nc5c4c(=O)n(C)c(=O)n5C)c3Cl)c2Cl)cnc1CNC1CCOCC1O. The minimum atomic E-state index is -3.08. The second-order valence-electron chi connectivity index (χ2n) is 11.2. The Bertz CT molecular complexity index is 2180. The van der Waals surface area contributed by atoms with Crippen LogP contribution in [0.4, 0.5) is 20.3 Å². The first-order valence-corrected chi connectivity index (χ1v) is 15.7. The van der Waals surface area contributed by atoms with Gasteiger partial charge in [0.2, 0.25) is 5.88 Å². The van der Waals surface area contributed by atoms with Crippen LogP contribution in [0.2, 0.25) is 10.0 Å². The first-order valence-electron chi connectivity index (χ1n) is 15.0. The molecule has 13 nitrogen and oxygen atoms in total. The summed E-state index contributed by atoms with van der Waals surface area (Å²) in [6, 6.07) is 10.1. The Hall–Kier alpha value is -4.54. The zero-order valence-electron chi connectivity index (χ0n) is 26.4. The van der Waals surface area contributed by atoms with E-state index >= 15 is 0 Å². The second kappa shape index (κ2) is 14.1. The van der Waals surface area contributed by atoms with Gasteiger partial charge in [-0.25, -0.2) is 28.5 Å². The predicted molar refractivity (Wildman–Crippen MR) is 180 cm³/mol.